The van der Waals surface area contributed by atoms with Gasteiger partial charge < -0.3 is 0 Å². The summed E-state index contributed by atoms with van der Waals surface area (Å²) in [4.78, 5) is 0. The van der Waals surface area contributed by atoms with E-state index >= 15 is 0 Å². The van der Waals surface area contributed by atoms with Gasteiger partial charge in [-0.2, -0.15) is 0 Å². The normalized spacial score (nSPS) is 27.6. The Labute approximate surface area is 89.5 Å². The fourth-order valence-electron chi connectivity index (χ4n) is 3.56. The fourth-order valence-corrected chi connectivity index (χ4v) is 3.56. The molecule has 2 aliphatic rings. The van der Waals surface area contributed by atoms with Crippen molar-refractivity contribution < 1.29 is 0 Å². The smallest absolute Gasteiger partial charge is 0.0246 e. The average Bonchev–Trinajstić information content (AvgIpc) is 2.44. The maximum atomic E-state index is 2.47. The summed E-state index contributed by atoms with van der Waals surface area (Å²) in [6.45, 7) is 7.41. The van der Waals surface area contributed by atoms with Crippen LogP contribution in [0.15, 0.2) is 0 Å². The van der Waals surface area contributed by atoms with Gasteiger partial charge in [-0.3, -0.25) is 0 Å². The molecule has 0 aromatic carbocycles. The molecule has 0 amide bonds. The minimum atomic E-state index is 0.541. The first kappa shape index (κ1) is 10.5. The van der Waals surface area contributed by atoms with Gasteiger partial charge in [0, 0.05) is 0 Å². The molecule has 0 radical (unpaired) electrons. The third-order valence-corrected chi connectivity index (χ3v) is 5.06. The quantitative estimate of drug-likeness (QED) is 0.593. The Morgan fingerprint density at radius 3 is 1.93 bits per heavy atom. The monoisotopic (exact) mass is 194 g/mol. The molecule has 0 heteroatoms. The Morgan fingerprint density at radius 2 is 1.57 bits per heavy atom. The van der Waals surface area contributed by atoms with E-state index in [9.17, 15) is 0 Å². The van der Waals surface area contributed by atoms with Gasteiger partial charge >= 0.3 is 0 Å². The Kier molecular flexibility index (Phi) is 2.66. The van der Waals surface area contributed by atoms with E-state index in [2.05, 4.69) is 20.8 Å². The second kappa shape index (κ2) is 3.54. The molecule has 0 bridgehead atoms. The molecule has 0 spiro atoms. The van der Waals surface area contributed by atoms with Crippen LogP contribution in [-0.4, -0.2) is 0 Å². The predicted octanol–water partition coefficient (Wildman–Crippen LogP) is 4.78. The van der Waals surface area contributed by atoms with E-state index in [-0.39, 0.29) is 0 Å². The molecule has 2 saturated carbocycles. The molecule has 2 rings (SSSR count). The zero-order chi connectivity index (χ0) is 10.2. The Hall–Kier alpha value is 0. The summed E-state index contributed by atoms with van der Waals surface area (Å²) in [5.41, 5.74) is 1.25. The Bertz CT molecular complexity index is 187. The highest BCUT2D eigenvalue weighted by Crippen LogP contribution is 2.56. The first-order valence-corrected chi connectivity index (χ1v) is 6.54. The lowest BCUT2D eigenvalue weighted by Gasteiger charge is -2.46. The van der Waals surface area contributed by atoms with Gasteiger partial charge in [-0.15, -0.1) is 0 Å². The van der Waals surface area contributed by atoms with Gasteiger partial charge in [0.2, 0.25) is 0 Å². The highest BCUT2D eigenvalue weighted by molar-refractivity contribution is 4.96. The predicted molar refractivity (Wildman–Crippen MR) is 62.3 cm³/mol. The highest BCUT2D eigenvalue weighted by Gasteiger charge is 2.45. The van der Waals surface area contributed by atoms with Crippen LogP contribution < -0.4 is 0 Å². The molecule has 0 aromatic rings. The third-order valence-electron chi connectivity index (χ3n) is 5.06. The molecule has 2 aliphatic carbocycles. The molecule has 0 atom stereocenters. The summed E-state index contributed by atoms with van der Waals surface area (Å²) in [5.74, 6) is 1.09. The molecule has 2 fully saturated rings. The van der Waals surface area contributed by atoms with Crippen molar-refractivity contribution in [3.8, 4) is 0 Å². The Morgan fingerprint density at radius 1 is 1.00 bits per heavy atom. The Balaban J connectivity index is 2.05. The minimum absolute atomic E-state index is 0.541. The van der Waals surface area contributed by atoms with Crippen molar-refractivity contribution in [1.29, 1.82) is 0 Å². The van der Waals surface area contributed by atoms with E-state index in [4.69, 9.17) is 0 Å². The molecule has 0 aliphatic heterocycles. The molecule has 0 nitrogen and oxygen atoms in total. The van der Waals surface area contributed by atoms with Crippen LogP contribution in [0.3, 0.4) is 0 Å². The van der Waals surface area contributed by atoms with Crippen LogP contribution in [0.2, 0.25) is 0 Å². The van der Waals surface area contributed by atoms with E-state index in [0.717, 1.165) is 5.92 Å². The largest absolute Gasteiger partial charge is 0.0596 e. The van der Waals surface area contributed by atoms with Crippen molar-refractivity contribution in [3.63, 3.8) is 0 Å². The molecule has 0 heterocycles. The van der Waals surface area contributed by atoms with E-state index in [1.165, 1.54) is 51.4 Å². The lowest BCUT2D eigenvalue weighted by molar-refractivity contribution is 0.0424. The van der Waals surface area contributed by atoms with Gasteiger partial charge in [0.25, 0.3) is 0 Å². The number of rotatable bonds is 2. The van der Waals surface area contributed by atoms with E-state index < -0.39 is 0 Å². The van der Waals surface area contributed by atoms with Gasteiger partial charge in [-0.1, -0.05) is 52.9 Å². The van der Waals surface area contributed by atoms with E-state index in [0.29, 0.717) is 10.8 Å². The van der Waals surface area contributed by atoms with E-state index in [1.807, 2.05) is 0 Å². The van der Waals surface area contributed by atoms with Gasteiger partial charge in [0.15, 0.2) is 0 Å². The van der Waals surface area contributed by atoms with Crippen LogP contribution in [0.5, 0.6) is 0 Å². The maximum Gasteiger partial charge on any atom is -0.0246 e. The average molecular weight is 194 g/mol. The lowest BCUT2D eigenvalue weighted by atomic mass is 9.59. The van der Waals surface area contributed by atoms with Gasteiger partial charge in [0.1, 0.15) is 0 Å². The van der Waals surface area contributed by atoms with Crippen molar-refractivity contribution in [1.82, 2.24) is 0 Å². The second-order valence-corrected chi connectivity index (χ2v) is 6.74. The molecule has 82 valence electrons. The van der Waals surface area contributed by atoms with Crippen molar-refractivity contribution >= 4 is 0 Å². The third kappa shape index (κ3) is 1.73. The van der Waals surface area contributed by atoms with Crippen molar-refractivity contribution in [3.05, 3.63) is 0 Å². The van der Waals surface area contributed by atoms with Gasteiger partial charge in [0.05, 0.1) is 0 Å². The van der Waals surface area contributed by atoms with Crippen LogP contribution in [-0.2, 0) is 0 Å². The van der Waals surface area contributed by atoms with Crippen LogP contribution >= 0.6 is 0 Å². The minimum Gasteiger partial charge on any atom is -0.0596 e. The molecule has 0 unspecified atom stereocenters. The molecule has 14 heavy (non-hydrogen) atoms. The van der Waals surface area contributed by atoms with Crippen molar-refractivity contribution in [2.45, 2.75) is 72.1 Å². The standard InChI is InChI=1S/C14H26/c1-13(2,3)14(9-4-5-10-14)11-12-7-6-8-12/h12H,4-11H2,1-3H3. The summed E-state index contributed by atoms with van der Waals surface area (Å²) < 4.78 is 0. The molecule has 0 N–H and O–H groups in total. The van der Waals surface area contributed by atoms with Crippen LogP contribution in [0.4, 0.5) is 0 Å². The first-order valence-electron chi connectivity index (χ1n) is 6.54. The molecular weight excluding hydrogens is 168 g/mol. The fraction of sp³-hybridized carbons (Fsp3) is 1.00. The molecule has 0 saturated heterocycles. The number of hydrogen-bond acceptors (Lipinski definition) is 0. The van der Waals surface area contributed by atoms with Crippen LogP contribution in [0.25, 0.3) is 0 Å². The second-order valence-electron chi connectivity index (χ2n) is 6.74. The van der Waals surface area contributed by atoms with Gasteiger partial charge in [-0.25, -0.2) is 0 Å². The van der Waals surface area contributed by atoms with Crippen molar-refractivity contribution in [2.24, 2.45) is 16.7 Å². The molecular formula is C14H26. The number of hydrogen-bond donors (Lipinski definition) is 0. The molecule has 0 aromatic heterocycles. The summed E-state index contributed by atoms with van der Waals surface area (Å²) in [5, 5.41) is 0. The summed E-state index contributed by atoms with van der Waals surface area (Å²) in [6.07, 6.45) is 12.1. The van der Waals surface area contributed by atoms with E-state index in [1.54, 1.807) is 0 Å². The van der Waals surface area contributed by atoms with Crippen LogP contribution in [0.1, 0.15) is 72.1 Å². The zero-order valence-electron chi connectivity index (χ0n) is 10.2. The van der Waals surface area contributed by atoms with Crippen molar-refractivity contribution in [2.75, 3.05) is 0 Å². The topological polar surface area (TPSA) is 0 Å². The summed E-state index contributed by atoms with van der Waals surface area (Å²) in [6, 6.07) is 0. The summed E-state index contributed by atoms with van der Waals surface area (Å²) >= 11 is 0. The maximum absolute atomic E-state index is 2.47. The SMILES string of the molecule is CC(C)(C)C1(CC2CCC2)CCCC1. The lowest BCUT2D eigenvalue weighted by Crippen LogP contribution is -2.36. The summed E-state index contributed by atoms with van der Waals surface area (Å²) in [7, 11) is 0. The highest BCUT2D eigenvalue weighted by atomic mass is 14.5. The zero-order valence-corrected chi connectivity index (χ0v) is 10.2. The van der Waals surface area contributed by atoms with Crippen LogP contribution in [0, 0.1) is 16.7 Å². The van der Waals surface area contributed by atoms with Gasteiger partial charge in [-0.05, 0) is 36.0 Å². The first-order chi connectivity index (χ1) is 6.54.